The van der Waals surface area contributed by atoms with Crippen LogP contribution in [0.2, 0.25) is 0 Å². The van der Waals surface area contributed by atoms with E-state index in [0.29, 0.717) is 31.8 Å². The van der Waals surface area contributed by atoms with E-state index in [-0.39, 0.29) is 18.3 Å². The van der Waals surface area contributed by atoms with Gasteiger partial charge in [-0.1, -0.05) is 0 Å². The van der Waals surface area contributed by atoms with Gasteiger partial charge in [-0.05, 0) is 12.8 Å². The maximum atomic E-state index is 11.6. The Hall–Kier alpha value is -0.770. The molecule has 0 aromatic rings. The Kier molecular flexibility index (Phi) is 5.60. The molecule has 1 aliphatic rings. The number of nitrogens with zero attached hydrogens (tertiary/aromatic N) is 1. The van der Waals surface area contributed by atoms with E-state index in [4.69, 9.17) is 10.00 Å². The predicted molar refractivity (Wildman–Crippen MR) is 61.0 cm³/mol. The number of thioether (sulfide) groups is 1. The second-order valence-corrected chi connectivity index (χ2v) is 4.74. The average molecular weight is 244 g/mol. The Labute approximate surface area is 99.2 Å². The summed E-state index contributed by atoms with van der Waals surface area (Å²) in [4.78, 5) is 11.6. The number of hydrogen-bond acceptors (Lipinski definition) is 5. The Morgan fingerprint density at radius 2 is 2.25 bits per heavy atom. The van der Waals surface area contributed by atoms with Crippen molar-refractivity contribution in [3.63, 3.8) is 0 Å². The Morgan fingerprint density at radius 1 is 1.56 bits per heavy atom. The van der Waals surface area contributed by atoms with Gasteiger partial charge in [-0.3, -0.25) is 4.79 Å². The second kappa shape index (κ2) is 6.74. The smallest absolute Gasteiger partial charge is 0.230 e. The fourth-order valence-electron chi connectivity index (χ4n) is 1.61. The number of rotatable bonds is 5. The molecule has 0 aromatic heterocycles. The minimum atomic E-state index is -0.525. The van der Waals surface area contributed by atoms with Crippen molar-refractivity contribution in [3.05, 3.63) is 0 Å². The van der Waals surface area contributed by atoms with Crippen LogP contribution < -0.4 is 5.32 Å². The monoisotopic (exact) mass is 244 g/mol. The van der Waals surface area contributed by atoms with Crippen molar-refractivity contribution >= 4 is 17.7 Å². The molecule has 90 valence electrons. The molecule has 16 heavy (non-hydrogen) atoms. The van der Waals surface area contributed by atoms with Gasteiger partial charge in [0.25, 0.3) is 0 Å². The highest BCUT2D eigenvalue weighted by molar-refractivity contribution is 8.00. The van der Waals surface area contributed by atoms with Crippen LogP contribution in [0.4, 0.5) is 0 Å². The molecule has 2 N–H and O–H groups in total. The highest BCUT2D eigenvalue weighted by Crippen LogP contribution is 2.20. The Balaban J connectivity index is 2.37. The van der Waals surface area contributed by atoms with E-state index in [2.05, 4.69) is 5.32 Å². The highest BCUT2D eigenvalue weighted by atomic mass is 32.2. The molecule has 1 rings (SSSR count). The first-order valence-electron chi connectivity index (χ1n) is 5.17. The third-order valence-electron chi connectivity index (χ3n) is 2.56. The van der Waals surface area contributed by atoms with Crippen LogP contribution in [0.25, 0.3) is 0 Å². The van der Waals surface area contributed by atoms with E-state index in [1.165, 1.54) is 11.8 Å². The first kappa shape index (κ1) is 13.3. The number of aliphatic hydroxyl groups excluding tert-OH is 1. The lowest BCUT2D eigenvalue weighted by Crippen LogP contribution is -2.55. The van der Waals surface area contributed by atoms with E-state index in [1.807, 2.05) is 6.07 Å². The molecule has 5 nitrogen and oxygen atoms in total. The lowest BCUT2D eigenvalue weighted by atomic mass is 9.91. The third-order valence-corrected chi connectivity index (χ3v) is 3.36. The maximum Gasteiger partial charge on any atom is 0.230 e. The quantitative estimate of drug-likeness (QED) is 0.660. The van der Waals surface area contributed by atoms with E-state index in [9.17, 15) is 9.90 Å². The standard InChI is InChI=1S/C10H16N2O3S/c11-3-6-16-7-9(14)12-10(8-13)1-4-15-5-2-10/h13H,1-2,4-8H2,(H,12,14). The van der Waals surface area contributed by atoms with Crippen molar-refractivity contribution in [1.82, 2.24) is 5.32 Å². The van der Waals surface area contributed by atoms with Crippen LogP contribution >= 0.6 is 11.8 Å². The van der Waals surface area contributed by atoms with Crippen LogP contribution in [-0.2, 0) is 9.53 Å². The molecule has 0 spiro atoms. The molecular weight excluding hydrogens is 228 g/mol. The van der Waals surface area contributed by atoms with Gasteiger partial charge in [-0.25, -0.2) is 0 Å². The van der Waals surface area contributed by atoms with Crippen molar-refractivity contribution in [2.75, 3.05) is 31.3 Å². The number of hydrogen-bond donors (Lipinski definition) is 2. The molecule has 1 saturated heterocycles. The zero-order valence-electron chi connectivity index (χ0n) is 9.07. The highest BCUT2D eigenvalue weighted by Gasteiger charge is 2.33. The summed E-state index contributed by atoms with van der Waals surface area (Å²) in [5.41, 5.74) is -0.525. The van der Waals surface area contributed by atoms with Crippen LogP contribution in [0, 0.1) is 11.3 Å². The first-order chi connectivity index (χ1) is 7.72. The van der Waals surface area contributed by atoms with Crippen molar-refractivity contribution < 1.29 is 14.6 Å². The van der Waals surface area contributed by atoms with Gasteiger partial charge < -0.3 is 15.2 Å². The zero-order valence-corrected chi connectivity index (χ0v) is 9.89. The molecule has 0 aliphatic carbocycles. The molecule has 0 radical (unpaired) electrons. The molecular formula is C10H16N2O3S. The molecule has 1 fully saturated rings. The lowest BCUT2D eigenvalue weighted by Gasteiger charge is -2.36. The number of ether oxygens (including phenoxy) is 1. The zero-order chi connectivity index (χ0) is 11.9. The summed E-state index contributed by atoms with van der Waals surface area (Å²) < 4.78 is 5.20. The largest absolute Gasteiger partial charge is 0.394 e. The van der Waals surface area contributed by atoms with Crippen LogP contribution in [0.15, 0.2) is 0 Å². The van der Waals surface area contributed by atoms with Gasteiger partial charge in [0.05, 0.1) is 29.7 Å². The maximum absolute atomic E-state index is 11.6. The van der Waals surface area contributed by atoms with E-state index in [1.54, 1.807) is 0 Å². The van der Waals surface area contributed by atoms with E-state index in [0.717, 1.165) is 0 Å². The SMILES string of the molecule is N#CCSCC(=O)NC1(CO)CCOCC1. The molecule has 6 heteroatoms. The normalized spacial score (nSPS) is 18.8. The number of amides is 1. The number of nitrogens with one attached hydrogen (secondary N) is 1. The topological polar surface area (TPSA) is 82.4 Å². The molecule has 0 aromatic carbocycles. The summed E-state index contributed by atoms with van der Waals surface area (Å²) in [6.45, 7) is 1.06. The van der Waals surface area contributed by atoms with Crippen molar-refractivity contribution in [2.24, 2.45) is 0 Å². The van der Waals surface area contributed by atoms with Crippen molar-refractivity contribution in [2.45, 2.75) is 18.4 Å². The number of carbonyl (C=O) groups is 1. The summed E-state index contributed by atoms with van der Waals surface area (Å²) in [5.74, 6) is 0.440. The Bertz CT molecular complexity index is 272. The van der Waals surface area contributed by atoms with Gasteiger partial charge in [0.15, 0.2) is 0 Å². The summed E-state index contributed by atoms with van der Waals surface area (Å²) in [6, 6.07) is 1.96. The van der Waals surface area contributed by atoms with Crippen molar-refractivity contribution in [1.29, 1.82) is 5.26 Å². The summed E-state index contributed by atoms with van der Waals surface area (Å²) in [5, 5.41) is 20.5. The molecule has 0 saturated carbocycles. The van der Waals surface area contributed by atoms with Gasteiger partial charge in [-0.2, -0.15) is 5.26 Å². The molecule has 1 amide bonds. The predicted octanol–water partition coefficient (Wildman–Crippen LogP) is -0.0991. The molecule has 0 unspecified atom stereocenters. The Morgan fingerprint density at radius 3 is 2.81 bits per heavy atom. The molecule has 1 heterocycles. The third kappa shape index (κ3) is 4.00. The van der Waals surface area contributed by atoms with E-state index >= 15 is 0 Å². The van der Waals surface area contributed by atoms with Crippen LogP contribution in [0.1, 0.15) is 12.8 Å². The number of aliphatic hydroxyl groups is 1. The van der Waals surface area contributed by atoms with Gasteiger partial charge in [0.1, 0.15) is 0 Å². The fraction of sp³-hybridized carbons (Fsp3) is 0.800. The van der Waals surface area contributed by atoms with E-state index < -0.39 is 5.54 Å². The minimum absolute atomic E-state index is 0.0645. The van der Waals surface area contributed by atoms with Gasteiger partial charge in [-0.15, -0.1) is 11.8 Å². The number of nitriles is 1. The van der Waals surface area contributed by atoms with Crippen LogP contribution in [-0.4, -0.2) is 47.9 Å². The fourth-order valence-corrected chi connectivity index (χ4v) is 2.06. The summed E-state index contributed by atoms with van der Waals surface area (Å²) in [7, 11) is 0. The van der Waals surface area contributed by atoms with Crippen LogP contribution in [0.3, 0.4) is 0 Å². The van der Waals surface area contributed by atoms with Gasteiger partial charge in [0.2, 0.25) is 5.91 Å². The van der Waals surface area contributed by atoms with Gasteiger partial charge >= 0.3 is 0 Å². The first-order valence-corrected chi connectivity index (χ1v) is 6.32. The molecule has 0 bridgehead atoms. The summed E-state index contributed by atoms with van der Waals surface area (Å²) in [6.07, 6.45) is 1.27. The average Bonchev–Trinajstić information content (AvgIpc) is 2.30. The van der Waals surface area contributed by atoms with Crippen LogP contribution in [0.5, 0.6) is 0 Å². The lowest BCUT2D eigenvalue weighted by molar-refractivity contribution is -0.122. The van der Waals surface area contributed by atoms with Gasteiger partial charge in [0, 0.05) is 13.2 Å². The molecule has 1 aliphatic heterocycles. The summed E-state index contributed by atoms with van der Waals surface area (Å²) >= 11 is 1.27. The second-order valence-electron chi connectivity index (χ2n) is 3.75. The molecule has 0 atom stereocenters. The minimum Gasteiger partial charge on any atom is -0.394 e. The number of carbonyl (C=O) groups excluding carboxylic acids is 1. The van der Waals surface area contributed by atoms with Crippen molar-refractivity contribution in [3.8, 4) is 6.07 Å².